The molecule has 0 saturated heterocycles. The highest BCUT2D eigenvalue weighted by atomic mass is 14.9. The first-order valence-corrected chi connectivity index (χ1v) is 5.23. The lowest BCUT2D eigenvalue weighted by molar-refractivity contribution is 0.299. The summed E-state index contributed by atoms with van der Waals surface area (Å²) in [5, 5.41) is 3.50. The first kappa shape index (κ1) is 10.0. The second-order valence-electron chi connectivity index (χ2n) is 4.13. The van der Waals surface area contributed by atoms with Crippen molar-refractivity contribution in [2.24, 2.45) is 17.6 Å². The Balaban J connectivity index is 1.82. The molecule has 0 spiro atoms. The zero-order valence-electron chi connectivity index (χ0n) is 8.18. The fourth-order valence-corrected chi connectivity index (χ4v) is 1.47. The van der Waals surface area contributed by atoms with E-state index in [9.17, 15) is 0 Å². The molecule has 0 aliphatic heterocycles. The largest absolute Gasteiger partial charge is 0.330 e. The van der Waals surface area contributed by atoms with E-state index in [0.29, 0.717) is 5.92 Å². The number of nitrogens with two attached hydrogens (primary N) is 1. The molecule has 1 aliphatic rings. The summed E-state index contributed by atoms with van der Waals surface area (Å²) >= 11 is 0. The molecule has 1 atom stereocenters. The number of rotatable bonds is 6. The summed E-state index contributed by atoms with van der Waals surface area (Å²) in [5.41, 5.74) is 5.52. The second-order valence-corrected chi connectivity index (χ2v) is 4.13. The van der Waals surface area contributed by atoms with Gasteiger partial charge in [-0.15, -0.1) is 0 Å². The molecule has 2 nitrogen and oxygen atoms in total. The fraction of sp³-hybridized carbons (Fsp3) is 1.00. The summed E-state index contributed by atoms with van der Waals surface area (Å²) in [4.78, 5) is 0. The third-order valence-corrected chi connectivity index (χ3v) is 2.87. The van der Waals surface area contributed by atoms with Crippen LogP contribution in [0.3, 0.4) is 0 Å². The van der Waals surface area contributed by atoms with Gasteiger partial charge < -0.3 is 11.1 Å². The summed E-state index contributed by atoms with van der Waals surface area (Å²) < 4.78 is 0. The van der Waals surface area contributed by atoms with Crippen LogP contribution in [0.2, 0.25) is 0 Å². The van der Waals surface area contributed by atoms with Crippen molar-refractivity contribution in [1.82, 2.24) is 5.32 Å². The number of hydrogen-bond donors (Lipinski definition) is 2. The van der Waals surface area contributed by atoms with Crippen molar-refractivity contribution in [2.45, 2.75) is 32.6 Å². The molecule has 3 N–H and O–H groups in total. The van der Waals surface area contributed by atoms with Crippen molar-refractivity contribution in [3.8, 4) is 0 Å². The normalized spacial score (nSPS) is 20.5. The van der Waals surface area contributed by atoms with Crippen LogP contribution in [0.5, 0.6) is 0 Å². The zero-order chi connectivity index (χ0) is 8.81. The molecule has 1 fully saturated rings. The van der Waals surface area contributed by atoms with Crippen molar-refractivity contribution in [1.29, 1.82) is 0 Å². The maximum atomic E-state index is 5.52. The summed E-state index contributed by atoms with van der Waals surface area (Å²) in [6.45, 7) is 5.42. The predicted octanol–water partition coefficient (Wildman–Crippen LogP) is 1.36. The molecule has 1 aliphatic carbocycles. The van der Waals surface area contributed by atoms with Gasteiger partial charge in [0.2, 0.25) is 0 Å². The van der Waals surface area contributed by atoms with E-state index in [0.717, 1.165) is 19.0 Å². The fourth-order valence-electron chi connectivity index (χ4n) is 1.47. The van der Waals surface area contributed by atoms with Gasteiger partial charge in [-0.25, -0.2) is 0 Å². The van der Waals surface area contributed by atoms with Crippen LogP contribution in [0.1, 0.15) is 32.6 Å². The van der Waals surface area contributed by atoms with Crippen molar-refractivity contribution in [3.63, 3.8) is 0 Å². The monoisotopic (exact) mass is 170 g/mol. The van der Waals surface area contributed by atoms with Crippen LogP contribution in [-0.2, 0) is 0 Å². The first-order chi connectivity index (χ1) is 5.83. The molecule has 12 heavy (non-hydrogen) atoms. The highest BCUT2D eigenvalue weighted by Crippen LogP contribution is 2.25. The Kier molecular flexibility index (Phi) is 4.62. The Labute approximate surface area is 75.9 Å². The van der Waals surface area contributed by atoms with Gasteiger partial charge in [0.25, 0.3) is 0 Å². The van der Waals surface area contributed by atoms with Crippen molar-refractivity contribution in [2.75, 3.05) is 19.6 Å². The quantitative estimate of drug-likeness (QED) is 0.591. The highest BCUT2D eigenvalue weighted by molar-refractivity contribution is 4.71. The lowest BCUT2D eigenvalue weighted by Gasteiger charge is -2.25. The van der Waals surface area contributed by atoms with Crippen molar-refractivity contribution >= 4 is 0 Å². The lowest BCUT2D eigenvalue weighted by atomic mass is 9.85. The average Bonchev–Trinajstić information content (AvgIpc) is 2.00. The Morgan fingerprint density at radius 3 is 2.75 bits per heavy atom. The summed E-state index contributed by atoms with van der Waals surface area (Å²) in [6.07, 6.45) is 5.56. The van der Waals surface area contributed by atoms with Gasteiger partial charge in [-0.3, -0.25) is 0 Å². The number of nitrogens with one attached hydrogen (secondary N) is 1. The van der Waals surface area contributed by atoms with Gasteiger partial charge in [0.05, 0.1) is 0 Å². The molecule has 0 aromatic heterocycles. The van der Waals surface area contributed by atoms with Crippen LogP contribution >= 0.6 is 0 Å². The summed E-state index contributed by atoms with van der Waals surface area (Å²) in [7, 11) is 0. The standard InChI is InChI=1S/C10H22N2/c1-9(7-11)5-6-12-8-10-3-2-4-10/h9-10,12H,2-8,11H2,1H3. The molecule has 72 valence electrons. The van der Waals surface area contributed by atoms with E-state index in [4.69, 9.17) is 5.73 Å². The summed E-state index contributed by atoms with van der Waals surface area (Å²) in [6, 6.07) is 0. The van der Waals surface area contributed by atoms with Crippen molar-refractivity contribution < 1.29 is 0 Å². The van der Waals surface area contributed by atoms with Crippen LogP contribution in [0, 0.1) is 11.8 Å². The molecule has 0 aromatic rings. The molecule has 0 aromatic carbocycles. The van der Waals surface area contributed by atoms with Crippen LogP contribution in [0.4, 0.5) is 0 Å². The molecule has 1 unspecified atom stereocenters. The van der Waals surface area contributed by atoms with E-state index in [1.807, 2.05) is 0 Å². The Morgan fingerprint density at radius 1 is 1.50 bits per heavy atom. The Morgan fingerprint density at radius 2 is 2.25 bits per heavy atom. The molecule has 1 rings (SSSR count). The van der Waals surface area contributed by atoms with Gasteiger partial charge in [0.1, 0.15) is 0 Å². The second kappa shape index (κ2) is 5.55. The van der Waals surface area contributed by atoms with Crippen LogP contribution in [0.25, 0.3) is 0 Å². The lowest BCUT2D eigenvalue weighted by Crippen LogP contribution is -2.29. The predicted molar refractivity (Wildman–Crippen MR) is 53.0 cm³/mol. The third-order valence-electron chi connectivity index (χ3n) is 2.87. The van der Waals surface area contributed by atoms with Gasteiger partial charge in [-0.05, 0) is 50.7 Å². The minimum absolute atomic E-state index is 0.680. The topological polar surface area (TPSA) is 38.0 Å². The minimum Gasteiger partial charge on any atom is -0.330 e. The molecule has 0 radical (unpaired) electrons. The smallest absolute Gasteiger partial charge is 0.00205 e. The van der Waals surface area contributed by atoms with E-state index in [1.165, 1.54) is 32.2 Å². The van der Waals surface area contributed by atoms with Gasteiger partial charge >= 0.3 is 0 Å². The number of hydrogen-bond acceptors (Lipinski definition) is 2. The van der Waals surface area contributed by atoms with E-state index in [1.54, 1.807) is 0 Å². The van der Waals surface area contributed by atoms with Crippen LogP contribution in [-0.4, -0.2) is 19.6 Å². The molecule has 1 saturated carbocycles. The summed E-state index contributed by atoms with van der Waals surface area (Å²) in [5.74, 6) is 1.66. The highest BCUT2D eigenvalue weighted by Gasteiger charge is 2.16. The molecule has 0 heterocycles. The van der Waals surface area contributed by atoms with Crippen LogP contribution < -0.4 is 11.1 Å². The van der Waals surface area contributed by atoms with Crippen molar-refractivity contribution in [3.05, 3.63) is 0 Å². The van der Waals surface area contributed by atoms with Crippen LogP contribution in [0.15, 0.2) is 0 Å². The maximum absolute atomic E-state index is 5.52. The SMILES string of the molecule is CC(CN)CCNCC1CCC1. The molecule has 0 amide bonds. The van der Waals surface area contributed by atoms with Gasteiger partial charge in [0, 0.05) is 0 Å². The van der Waals surface area contributed by atoms with E-state index < -0.39 is 0 Å². The first-order valence-electron chi connectivity index (χ1n) is 5.23. The molecule has 0 bridgehead atoms. The zero-order valence-corrected chi connectivity index (χ0v) is 8.18. The third kappa shape index (κ3) is 3.55. The Bertz CT molecular complexity index is 104. The molecule has 2 heteroatoms. The van der Waals surface area contributed by atoms with E-state index >= 15 is 0 Å². The minimum atomic E-state index is 0.680. The van der Waals surface area contributed by atoms with Gasteiger partial charge in [0.15, 0.2) is 0 Å². The average molecular weight is 170 g/mol. The van der Waals surface area contributed by atoms with E-state index in [2.05, 4.69) is 12.2 Å². The van der Waals surface area contributed by atoms with E-state index in [-0.39, 0.29) is 0 Å². The Hall–Kier alpha value is -0.0800. The van der Waals surface area contributed by atoms with Gasteiger partial charge in [-0.1, -0.05) is 13.3 Å². The maximum Gasteiger partial charge on any atom is -0.00205 e. The van der Waals surface area contributed by atoms with Gasteiger partial charge in [-0.2, -0.15) is 0 Å². The molecular formula is C10H22N2. The molecular weight excluding hydrogens is 148 g/mol.